The summed E-state index contributed by atoms with van der Waals surface area (Å²) in [5.41, 5.74) is 7.22. The van der Waals surface area contributed by atoms with Gasteiger partial charge in [-0.05, 0) is 24.6 Å². The summed E-state index contributed by atoms with van der Waals surface area (Å²) in [6.07, 6.45) is 0. The average molecular weight is 209 g/mol. The molecule has 0 unspecified atom stereocenters. The molecule has 82 valence electrons. The lowest BCUT2D eigenvalue weighted by Gasteiger charge is -2.04. The van der Waals surface area contributed by atoms with Crippen molar-refractivity contribution < 1.29 is 14.3 Å². The SMILES string of the molecule is CCOC(=O)COCc1cccc(N)c1. The molecule has 0 aromatic heterocycles. The van der Waals surface area contributed by atoms with E-state index in [-0.39, 0.29) is 12.6 Å². The maximum Gasteiger partial charge on any atom is 0.332 e. The lowest BCUT2D eigenvalue weighted by Crippen LogP contribution is -2.12. The highest BCUT2D eigenvalue weighted by atomic mass is 16.6. The van der Waals surface area contributed by atoms with Gasteiger partial charge in [0.1, 0.15) is 6.61 Å². The highest BCUT2D eigenvalue weighted by molar-refractivity contribution is 5.70. The predicted octanol–water partition coefficient (Wildman–Crippen LogP) is 1.35. The molecule has 0 heterocycles. The van der Waals surface area contributed by atoms with Crippen LogP contribution in [0.3, 0.4) is 0 Å². The molecule has 0 aliphatic carbocycles. The van der Waals surface area contributed by atoms with E-state index in [1.807, 2.05) is 18.2 Å². The number of benzene rings is 1. The van der Waals surface area contributed by atoms with Crippen LogP contribution in [0.25, 0.3) is 0 Å². The summed E-state index contributed by atoms with van der Waals surface area (Å²) in [5.74, 6) is -0.346. The highest BCUT2D eigenvalue weighted by Gasteiger charge is 2.01. The first-order chi connectivity index (χ1) is 7.22. The minimum Gasteiger partial charge on any atom is -0.464 e. The number of hydrogen-bond acceptors (Lipinski definition) is 4. The van der Waals surface area contributed by atoms with E-state index in [9.17, 15) is 4.79 Å². The van der Waals surface area contributed by atoms with Gasteiger partial charge in [0.15, 0.2) is 0 Å². The van der Waals surface area contributed by atoms with Crippen molar-refractivity contribution in [3.63, 3.8) is 0 Å². The monoisotopic (exact) mass is 209 g/mol. The molecule has 0 bridgehead atoms. The first-order valence-corrected chi connectivity index (χ1v) is 4.80. The summed E-state index contributed by atoms with van der Waals surface area (Å²) in [5, 5.41) is 0. The van der Waals surface area contributed by atoms with Crippen molar-refractivity contribution in [1.29, 1.82) is 0 Å². The second-order valence-electron chi connectivity index (χ2n) is 3.04. The van der Waals surface area contributed by atoms with Crippen molar-refractivity contribution in [3.05, 3.63) is 29.8 Å². The number of carbonyl (C=O) groups is 1. The van der Waals surface area contributed by atoms with Crippen LogP contribution >= 0.6 is 0 Å². The van der Waals surface area contributed by atoms with Crippen molar-refractivity contribution >= 4 is 11.7 Å². The van der Waals surface area contributed by atoms with E-state index in [0.29, 0.717) is 18.9 Å². The largest absolute Gasteiger partial charge is 0.464 e. The molecule has 1 aromatic rings. The molecule has 0 aliphatic heterocycles. The molecule has 4 heteroatoms. The van der Waals surface area contributed by atoms with Gasteiger partial charge in [-0.15, -0.1) is 0 Å². The van der Waals surface area contributed by atoms with Gasteiger partial charge in [0.25, 0.3) is 0 Å². The van der Waals surface area contributed by atoms with Gasteiger partial charge in [-0.1, -0.05) is 12.1 Å². The summed E-state index contributed by atoms with van der Waals surface area (Å²) < 4.78 is 9.87. The smallest absolute Gasteiger partial charge is 0.332 e. The molecule has 0 saturated carbocycles. The number of rotatable bonds is 5. The van der Waals surface area contributed by atoms with Crippen LogP contribution in [-0.2, 0) is 20.9 Å². The Labute approximate surface area is 89.0 Å². The zero-order valence-electron chi connectivity index (χ0n) is 8.73. The molecule has 0 radical (unpaired) electrons. The molecule has 1 rings (SSSR count). The van der Waals surface area contributed by atoms with Gasteiger partial charge < -0.3 is 15.2 Å². The van der Waals surface area contributed by atoms with E-state index in [2.05, 4.69) is 0 Å². The maximum atomic E-state index is 10.9. The summed E-state index contributed by atoms with van der Waals surface area (Å²) in [6, 6.07) is 7.35. The van der Waals surface area contributed by atoms with Crippen molar-refractivity contribution in [3.8, 4) is 0 Å². The minimum absolute atomic E-state index is 0.0252. The third kappa shape index (κ3) is 4.46. The number of anilines is 1. The topological polar surface area (TPSA) is 61.5 Å². The quantitative estimate of drug-likeness (QED) is 0.587. The average Bonchev–Trinajstić information content (AvgIpc) is 2.18. The molecule has 2 N–H and O–H groups in total. The number of hydrogen-bond donors (Lipinski definition) is 1. The van der Waals surface area contributed by atoms with E-state index in [4.69, 9.17) is 15.2 Å². The Hall–Kier alpha value is -1.55. The Balaban J connectivity index is 2.28. The van der Waals surface area contributed by atoms with Gasteiger partial charge in [0.05, 0.1) is 13.2 Å². The van der Waals surface area contributed by atoms with E-state index >= 15 is 0 Å². The maximum absolute atomic E-state index is 10.9. The normalized spacial score (nSPS) is 9.93. The third-order valence-corrected chi connectivity index (χ3v) is 1.75. The summed E-state index contributed by atoms with van der Waals surface area (Å²) in [7, 11) is 0. The zero-order chi connectivity index (χ0) is 11.1. The molecule has 1 aromatic carbocycles. The van der Waals surface area contributed by atoms with Crippen molar-refractivity contribution in [2.24, 2.45) is 0 Å². The van der Waals surface area contributed by atoms with Crippen LogP contribution in [0.5, 0.6) is 0 Å². The third-order valence-electron chi connectivity index (χ3n) is 1.75. The van der Waals surface area contributed by atoms with Gasteiger partial charge in [-0.25, -0.2) is 4.79 Å². The van der Waals surface area contributed by atoms with Gasteiger partial charge in [-0.2, -0.15) is 0 Å². The molecule has 0 fully saturated rings. The first kappa shape index (κ1) is 11.5. The molecule has 4 nitrogen and oxygen atoms in total. The standard InChI is InChI=1S/C11H15NO3/c1-2-15-11(13)8-14-7-9-4-3-5-10(12)6-9/h3-6H,2,7-8,12H2,1H3. The minimum atomic E-state index is -0.346. The molecule has 0 saturated heterocycles. The lowest BCUT2D eigenvalue weighted by atomic mass is 10.2. The fourth-order valence-corrected chi connectivity index (χ4v) is 1.14. The van der Waals surface area contributed by atoms with Crippen molar-refractivity contribution in [1.82, 2.24) is 0 Å². The number of carbonyl (C=O) groups excluding carboxylic acids is 1. The van der Waals surface area contributed by atoms with Crippen LogP contribution in [0.2, 0.25) is 0 Å². The first-order valence-electron chi connectivity index (χ1n) is 4.80. The Bertz CT molecular complexity index is 325. The molecule has 0 spiro atoms. The molecular formula is C11H15NO3. The van der Waals surface area contributed by atoms with E-state index in [0.717, 1.165) is 5.56 Å². The Morgan fingerprint density at radius 3 is 2.93 bits per heavy atom. The van der Waals surface area contributed by atoms with Gasteiger partial charge in [-0.3, -0.25) is 0 Å². The van der Waals surface area contributed by atoms with E-state index in [1.165, 1.54) is 0 Å². The number of nitrogen functional groups attached to an aromatic ring is 1. The molecule has 0 amide bonds. The highest BCUT2D eigenvalue weighted by Crippen LogP contribution is 2.07. The van der Waals surface area contributed by atoms with Crippen LogP contribution < -0.4 is 5.73 Å². The Morgan fingerprint density at radius 1 is 1.47 bits per heavy atom. The molecular weight excluding hydrogens is 194 g/mol. The second kappa shape index (κ2) is 6.03. The summed E-state index contributed by atoms with van der Waals surface area (Å²) >= 11 is 0. The van der Waals surface area contributed by atoms with Crippen molar-refractivity contribution in [2.45, 2.75) is 13.5 Å². The number of esters is 1. The Kier molecular flexibility index (Phi) is 4.63. The van der Waals surface area contributed by atoms with Crippen LogP contribution in [0.15, 0.2) is 24.3 Å². The fraction of sp³-hybridized carbons (Fsp3) is 0.364. The number of nitrogens with two attached hydrogens (primary N) is 1. The fourth-order valence-electron chi connectivity index (χ4n) is 1.14. The molecule has 15 heavy (non-hydrogen) atoms. The van der Waals surface area contributed by atoms with Crippen LogP contribution in [0.4, 0.5) is 5.69 Å². The zero-order valence-corrected chi connectivity index (χ0v) is 8.73. The summed E-state index contributed by atoms with van der Waals surface area (Å²) in [6.45, 7) is 2.47. The van der Waals surface area contributed by atoms with Gasteiger partial charge in [0, 0.05) is 5.69 Å². The van der Waals surface area contributed by atoms with Gasteiger partial charge in [0.2, 0.25) is 0 Å². The van der Waals surface area contributed by atoms with Crippen LogP contribution in [-0.4, -0.2) is 19.2 Å². The van der Waals surface area contributed by atoms with E-state index < -0.39 is 0 Å². The number of ether oxygens (including phenoxy) is 2. The molecule has 0 atom stereocenters. The van der Waals surface area contributed by atoms with E-state index in [1.54, 1.807) is 13.0 Å². The predicted molar refractivity (Wildman–Crippen MR) is 57.1 cm³/mol. The molecule has 0 aliphatic rings. The van der Waals surface area contributed by atoms with Gasteiger partial charge >= 0.3 is 5.97 Å². The van der Waals surface area contributed by atoms with Crippen LogP contribution in [0.1, 0.15) is 12.5 Å². The second-order valence-corrected chi connectivity index (χ2v) is 3.04. The van der Waals surface area contributed by atoms with Crippen LogP contribution in [0, 0.1) is 0 Å². The lowest BCUT2D eigenvalue weighted by molar-refractivity contribution is -0.148. The Morgan fingerprint density at radius 2 is 2.27 bits per heavy atom. The van der Waals surface area contributed by atoms with Crippen molar-refractivity contribution in [2.75, 3.05) is 18.9 Å². The summed E-state index contributed by atoms with van der Waals surface area (Å²) in [4.78, 5) is 10.9.